The lowest BCUT2D eigenvalue weighted by atomic mass is 9.94. The molecule has 2 N–H and O–H groups in total. The van der Waals surface area contributed by atoms with E-state index in [4.69, 9.17) is 9.84 Å². The largest absolute Gasteiger partial charge is 0.480 e. The number of rotatable bonds is 7. The Morgan fingerprint density at radius 2 is 1.95 bits per heavy atom. The van der Waals surface area contributed by atoms with Crippen LogP contribution >= 0.6 is 0 Å². The van der Waals surface area contributed by atoms with Crippen LogP contribution in [0, 0.1) is 11.8 Å². The number of hydrogen-bond acceptors (Lipinski definition) is 3. The van der Waals surface area contributed by atoms with Gasteiger partial charge in [0.05, 0.1) is 0 Å². The average molecular weight is 271 g/mol. The Morgan fingerprint density at radius 1 is 1.32 bits per heavy atom. The highest BCUT2D eigenvalue weighted by Gasteiger charge is 2.23. The minimum absolute atomic E-state index is 0.100. The molecule has 0 spiro atoms. The Kier molecular flexibility index (Phi) is 6.84. The SMILES string of the molecule is CC(C)C(NC(=O)CCCC1CCOCC1)C(=O)O. The molecule has 5 nitrogen and oxygen atoms in total. The first kappa shape index (κ1) is 16.0. The summed E-state index contributed by atoms with van der Waals surface area (Å²) in [5.74, 6) is -0.570. The molecule has 0 aromatic carbocycles. The first-order valence-corrected chi connectivity index (χ1v) is 7.10. The van der Waals surface area contributed by atoms with Crippen molar-refractivity contribution in [1.82, 2.24) is 5.32 Å². The molecule has 1 heterocycles. The van der Waals surface area contributed by atoms with Gasteiger partial charge in [0.25, 0.3) is 0 Å². The second-order valence-electron chi connectivity index (χ2n) is 5.58. The van der Waals surface area contributed by atoms with E-state index >= 15 is 0 Å². The van der Waals surface area contributed by atoms with Gasteiger partial charge in [-0.2, -0.15) is 0 Å². The fourth-order valence-electron chi connectivity index (χ4n) is 2.35. The number of ether oxygens (including phenoxy) is 1. The van der Waals surface area contributed by atoms with Crippen LogP contribution in [0.3, 0.4) is 0 Å². The Morgan fingerprint density at radius 3 is 2.47 bits per heavy atom. The summed E-state index contributed by atoms with van der Waals surface area (Å²) in [6, 6.07) is -0.782. The zero-order valence-corrected chi connectivity index (χ0v) is 11.9. The molecule has 1 aliphatic rings. The van der Waals surface area contributed by atoms with Gasteiger partial charge < -0.3 is 15.2 Å². The number of hydrogen-bond donors (Lipinski definition) is 2. The molecular formula is C14H25NO4. The van der Waals surface area contributed by atoms with Crippen LogP contribution < -0.4 is 5.32 Å². The van der Waals surface area contributed by atoms with Crippen molar-refractivity contribution >= 4 is 11.9 Å². The van der Waals surface area contributed by atoms with E-state index in [1.54, 1.807) is 13.8 Å². The lowest BCUT2D eigenvalue weighted by Gasteiger charge is -2.22. The molecular weight excluding hydrogens is 246 g/mol. The van der Waals surface area contributed by atoms with Crippen molar-refractivity contribution in [3.63, 3.8) is 0 Å². The molecule has 1 saturated heterocycles. The van der Waals surface area contributed by atoms with Gasteiger partial charge in [0.2, 0.25) is 5.91 Å². The van der Waals surface area contributed by atoms with Crippen molar-refractivity contribution in [3.8, 4) is 0 Å². The van der Waals surface area contributed by atoms with E-state index < -0.39 is 12.0 Å². The summed E-state index contributed by atoms with van der Waals surface area (Å²) in [6.07, 6.45) is 4.40. The van der Waals surface area contributed by atoms with Crippen LogP contribution in [-0.2, 0) is 14.3 Å². The summed E-state index contributed by atoms with van der Waals surface area (Å²) < 4.78 is 5.29. The smallest absolute Gasteiger partial charge is 0.326 e. The zero-order chi connectivity index (χ0) is 14.3. The number of amides is 1. The van der Waals surface area contributed by atoms with Gasteiger partial charge in [-0.15, -0.1) is 0 Å². The summed E-state index contributed by atoms with van der Waals surface area (Å²) in [5.41, 5.74) is 0. The van der Waals surface area contributed by atoms with E-state index in [9.17, 15) is 9.59 Å². The third-order valence-electron chi connectivity index (χ3n) is 3.61. The molecule has 1 fully saturated rings. The molecule has 19 heavy (non-hydrogen) atoms. The molecule has 1 atom stereocenters. The second-order valence-corrected chi connectivity index (χ2v) is 5.58. The number of carbonyl (C=O) groups excluding carboxylic acids is 1. The van der Waals surface area contributed by atoms with Gasteiger partial charge in [0.15, 0.2) is 0 Å². The molecule has 0 radical (unpaired) electrons. The normalized spacial score (nSPS) is 18.3. The highest BCUT2D eigenvalue weighted by Crippen LogP contribution is 2.20. The van der Waals surface area contributed by atoms with Crippen molar-refractivity contribution in [2.45, 2.75) is 52.0 Å². The van der Waals surface area contributed by atoms with Crippen molar-refractivity contribution in [1.29, 1.82) is 0 Å². The van der Waals surface area contributed by atoms with Gasteiger partial charge in [-0.1, -0.05) is 13.8 Å². The summed E-state index contributed by atoms with van der Waals surface area (Å²) in [4.78, 5) is 22.7. The van der Waals surface area contributed by atoms with E-state index in [1.165, 1.54) is 0 Å². The van der Waals surface area contributed by atoms with Crippen LogP contribution in [0.15, 0.2) is 0 Å². The summed E-state index contributed by atoms with van der Waals surface area (Å²) in [7, 11) is 0. The molecule has 0 aromatic rings. The van der Waals surface area contributed by atoms with Gasteiger partial charge in [-0.05, 0) is 37.5 Å². The Hall–Kier alpha value is -1.10. The van der Waals surface area contributed by atoms with Crippen LogP contribution in [-0.4, -0.2) is 36.2 Å². The van der Waals surface area contributed by atoms with Crippen molar-refractivity contribution < 1.29 is 19.4 Å². The van der Waals surface area contributed by atoms with Crippen molar-refractivity contribution in [2.75, 3.05) is 13.2 Å². The average Bonchev–Trinajstić information content (AvgIpc) is 2.36. The van der Waals surface area contributed by atoms with E-state index in [0.29, 0.717) is 12.3 Å². The summed E-state index contributed by atoms with van der Waals surface area (Å²) in [5, 5.41) is 11.6. The summed E-state index contributed by atoms with van der Waals surface area (Å²) in [6.45, 7) is 5.23. The topological polar surface area (TPSA) is 75.6 Å². The van der Waals surface area contributed by atoms with Crippen LogP contribution in [0.4, 0.5) is 0 Å². The first-order chi connectivity index (χ1) is 9.00. The predicted molar refractivity (Wildman–Crippen MR) is 71.8 cm³/mol. The van der Waals surface area contributed by atoms with E-state index in [0.717, 1.165) is 38.9 Å². The van der Waals surface area contributed by atoms with E-state index in [-0.39, 0.29) is 11.8 Å². The van der Waals surface area contributed by atoms with Gasteiger partial charge in [0.1, 0.15) is 6.04 Å². The van der Waals surface area contributed by atoms with Crippen LogP contribution in [0.25, 0.3) is 0 Å². The predicted octanol–water partition coefficient (Wildman–Crippen LogP) is 1.81. The number of nitrogens with one attached hydrogen (secondary N) is 1. The molecule has 1 aliphatic heterocycles. The molecule has 0 aromatic heterocycles. The molecule has 110 valence electrons. The third kappa shape index (κ3) is 6.05. The monoisotopic (exact) mass is 271 g/mol. The van der Waals surface area contributed by atoms with E-state index in [2.05, 4.69) is 5.32 Å². The van der Waals surface area contributed by atoms with Crippen LogP contribution in [0.1, 0.15) is 46.0 Å². The lowest BCUT2D eigenvalue weighted by molar-refractivity contribution is -0.143. The molecule has 0 bridgehead atoms. The molecule has 1 unspecified atom stereocenters. The second kappa shape index (κ2) is 8.15. The van der Waals surface area contributed by atoms with Gasteiger partial charge in [0, 0.05) is 19.6 Å². The van der Waals surface area contributed by atoms with Crippen LogP contribution in [0.5, 0.6) is 0 Å². The molecule has 1 amide bonds. The Labute approximate surface area is 114 Å². The number of carboxylic acid groups (broad SMARTS) is 1. The molecule has 5 heteroatoms. The van der Waals surface area contributed by atoms with Gasteiger partial charge >= 0.3 is 5.97 Å². The van der Waals surface area contributed by atoms with Crippen molar-refractivity contribution in [2.24, 2.45) is 11.8 Å². The standard InChI is InChI=1S/C14H25NO4/c1-10(2)13(14(17)18)15-12(16)5-3-4-11-6-8-19-9-7-11/h10-11,13H,3-9H2,1-2H3,(H,15,16)(H,17,18). The number of carbonyl (C=O) groups is 2. The molecule has 0 saturated carbocycles. The van der Waals surface area contributed by atoms with Gasteiger partial charge in [-0.3, -0.25) is 4.79 Å². The highest BCUT2D eigenvalue weighted by atomic mass is 16.5. The fraction of sp³-hybridized carbons (Fsp3) is 0.857. The molecule has 1 rings (SSSR count). The quantitative estimate of drug-likeness (QED) is 0.740. The maximum Gasteiger partial charge on any atom is 0.326 e. The Balaban J connectivity index is 2.21. The Bertz CT molecular complexity index is 298. The first-order valence-electron chi connectivity index (χ1n) is 7.10. The fourth-order valence-corrected chi connectivity index (χ4v) is 2.35. The van der Waals surface area contributed by atoms with E-state index in [1.807, 2.05) is 0 Å². The third-order valence-corrected chi connectivity index (χ3v) is 3.61. The van der Waals surface area contributed by atoms with Gasteiger partial charge in [-0.25, -0.2) is 4.79 Å². The number of aliphatic carboxylic acids is 1. The zero-order valence-electron chi connectivity index (χ0n) is 11.9. The molecule has 0 aliphatic carbocycles. The summed E-state index contributed by atoms with van der Waals surface area (Å²) >= 11 is 0. The highest BCUT2D eigenvalue weighted by molar-refractivity contribution is 5.83. The number of carboxylic acids is 1. The minimum Gasteiger partial charge on any atom is -0.480 e. The maximum atomic E-state index is 11.7. The minimum atomic E-state index is -0.965. The maximum absolute atomic E-state index is 11.7. The lowest BCUT2D eigenvalue weighted by Crippen LogP contribution is -2.44. The van der Waals surface area contributed by atoms with Crippen molar-refractivity contribution in [3.05, 3.63) is 0 Å². The van der Waals surface area contributed by atoms with Crippen LogP contribution in [0.2, 0.25) is 0 Å².